The maximum Gasteiger partial charge on any atom is 0.303 e. The van der Waals surface area contributed by atoms with Crippen LogP contribution in [0, 0.1) is 0 Å². The van der Waals surface area contributed by atoms with Crippen LogP contribution in [0.3, 0.4) is 0 Å². The molecular weight excluding hydrogens is 220 g/mol. The van der Waals surface area contributed by atoms with Gasteiger partial charge in [-0.3, -0.25) is 4.79 Å². The van der Waals surface area contributed by atoms with Crippen LogP contribution >= 0.6 is 0 Å². The Morgan fingerprint density at radius 1 is 1.00 bits per heavy atom. The van der Waals surface area contributed by atoms with Crippen LogP contribution in [0.4, 0.5) is 0 Å². The minimum atomic E-state index is -0.693. The highest BCUT2D eigenvalue weighted by molar-refractivity contribution is 5.66. The van der Waals surface area contributed by atoms with Crippen molar-refractivity contribution in [2.45, 2.75) is 78.9 Å². The van der Waals surface area contributed by atoms with Crippen molar-refractivity contribution in [3.05, 3.63) is 0 Å². The Labute approximate surface area is 105 Å². The molecule has 0 rings (SSSR count). The molecule has 1 N–H and O–H groups in total. The molecule has 0 saturated carbocycles. The smallest absolute Gasteiger partial charge is 0.303 e. The Balaban J connectivity index is 0. The lowest BCUT2D eigenvalue weighted by atomic mass is 10.2. The molecule has 0 radical (unpaired) electrons. The minimum absolute atomic E-state index is 0.215. The third-order valence-corrected chi connectivity index (χ3v) is 1.29. The number of carbonyl (C=O) groups is 1. The number of rotatable bonds is 4. The standard InChI is InChI=1S/C8H18O2.C5H10O2/c1-7(2,3)9-10-8(4,5)6;1-2-3-4-5(6)7/h1-6H3;2-4H2,1H3,(H,6,7). The van der Waals surface area contributed by atoms with Gasteiger partial charge in [0.05, 0.1) is 11.2 Å². The summed E-state index contributed by atoms with van der Waals surface area (Å²) < 4.78 is 0. The predicted octanol–water partition coefficient (Wildman–Crippen LogP) is 3.79. The van der Waals surface area contributed by atoms with Crippen molar-refractivity contribution < 1.29 is 19.7 Å². The topological polar surface area (TPSA) is 55.8 Å². The second kappa shape index (κ2) is 8.48. The van der Waals surface area contributed by atoms with Crippen LogP contribution in [0.5, 0.6) is 0 Å². The van der Waals surface area contributed by atoms with Gasteiger partial charge < -0.3 is 5.11 Å². The van der Waals surface area contributed by atoms with E-state index in [1.165, 1.54) is 0 Å². The summed E-state index contributed by atoms with van der Waals surface area (Å²) in [5, 5.41) is 8.04. The van der Waals surface area contributed by atoms with Gasteiger partial charge >= 0.3 is 5.97 Å². The summed E-state index contributed by atoms with van der Waals surface area (Å²) in [7, 11) is 0. The maximum absolute atomic E-state index is 9.76. The van der Waals surface area contributed by atoms with Crippen molar-refractivity contribution in [1.82, 2.24) is 0 Å². The molecule has 0 heterocycles. The quantitative estimate of drug-likeness (QED) is 0.607. The molecule has 0 amide bonds. The molecule has 0 aromatic heterocycles. The van der Waals surface area contributed by atoms with Crippen molar-refractivity contribution in [2.24, 2.45) is 0 Å². The van der Waals surface area contributed by atoms with E-state index in [2.05, 4.69) is 0 Å². The lowest BCUT2D eigenvalue weighted by Gasteiger charge is -2.24. The zero-order chi connectivity index (χ0) is 14.1. The molecule has 0 aliphatic heterocycles. The van der Waals surface area contributed by atoms with Crippen LogP contribution in [0.25, 0.3) is 0 Å². The normalized spacial score (nSPS) is 11.7. The minimum Gasteiger partial charge on any atom is -0.481 e. The number of unbranched alkanes of at least 4 members (excludes halogenated alkanes) is 1. The van der Waals surface area contributed by atoms with Crippen LogP contribution in [0.2, 0.25) is 0 Å². The van der Waals surface area contributed by atoms with E-state index in [1.807, 2.05) is 48.5 Å². The van der Waals surface area contributed by atoms with E-state index in [4.69, 9.17) is 14.9 Å². The summed E-state index contributed by atoms with van der Waals surface area (Å²) in [4.78, 5) is 19.9. The van der Waals surface area contributed by atoms with E-state index in [9.17, 15) is 4.79 Å². The molecule has 0 bridgehead atoms. The number of carboxylic acids is 1. The fourth-order valence-electron chi connectivity index (χ4n) is 0.578. The van der Waals surface area contributed by atoms with Crippen molar-refractivity contribution >= 4 is 5.97 Å². The molecule has 0 aromatic carbocycles. The van der Waals surface area contributed by atoms with E-state index in [-0.39, 0.29) is 11.2 Å². The van der Waals surface area contributed by atoms with Crippen molar-refractivity contribution in [1.29, 1.82) is 0 Å². The lowest BCUT2D eigenvalue weighted by molar-refractivity contribution is -0.393. The number of hydrogen-bond donors (Lipinski definition) is 1. The molecule has 0 aliphatic carbocycles. The molecule has 0 saturated heterocycles. The van der Waals surface area contributed by atoms with Gasteiger partial charge in [-0.25, -0.2) is 9.78 Å². The summed E-state index contributed by atoms with van der Waals surface area (Å²) in [6.45, 7) is 13.7. The first-order valence-corrected chi connectivity index (χ1v) is 6.06. The highest BCUT2D eigenvalue weighted by Gasteiger charge is 2.18. The van der Waals surface area contributed by atoms with Gasteiger partial charge in [0, 0.05) is 6.42 Å². The van der Waals surface area contributed by atoms with Gasteiger partial charge in [0.1, 0.15) is 0 Å². The fourth-order valence-corrected chi connectivity index (χ4v) is 0.578. The molecule has 0 unspecified atom stereocenters. The summed E-state index contributed by atoms with van der Waals surface area (Å²) in [5.41, 5.74) is -0.430. The summed E-state index contributed by atoms with van der Waals surface area (Å²) in [5.74, 6) is -0.693. The van der Waals surface area contributed by atoms with Crippen molar-refractivity contribution in [3.8, 4) is 0 Å². The number of hydrogen-bond acceptors (Lipinski definition) is 3. The summed E-state index contributed by atoms with van der Waals surface area (Å²) in [6, 6.07) is 0. The molecule has 4 heteroatoms. The first kappa shape index (κ1) is 18.7. The van der Waals surface area contributed by atoms with Crippen LogP contribution < -0.4 is 0 Å². The zero-order valence-corrected chi connectivity index (χ0v) is 12.3. The van der Waals surface area contributed by atoms with Crippen LogP contribution in [-0.4, -0.2) is 22.3 Å². The van der Waals surface area contributed by atoms with Crippen LogP contribution in [-0.2, 0) is 14.6 Å². The molecular formula is C13H28O4. The van der Waals surface area contributed by atoms with E-state index in [0.717, 1.165) is 12.8 Å². The van der Waals surface area contributed by atoms with E-state index in [0.29, 0.717) is 6.42 Å². The SMILES string of the molecule is CC(C)(C)OOC(C)(C)C.CCCCC(=O)O. The van der Waals surface area contributed by atoms with Crippen LogP contribution in [0.1, 0.15) is 67.7 Å². The van der Waals surface area contributed by atoms with Gasteiger partial charge in [0.2, 0.25) is 0 Å². The zero-order valence-electron chi connectivity index (χ0n) is 12.3. The number of aliphatic carboxylic acids is 1. The molecule has 104 valence electrons. The second-order valence-electron chi connectivity index (χ2n) is 5.89. The fraction of sp³-hybridized carbons (Fsp3) is 0.923. The average molecular weight is 248 g/mol. The molecule has 17 heavy (non-hydrogen) atoms. The average Bonchev–Trinajstić information content (AvgIpc) is 2.10. The molecule has 0 fully saturated rings. The molecule has 0 aliphatic rings. The second-order valence-corrected chi connectivity index (χ2v) is 5.89. The van der Waals surface area contributed by atoms with Gasteiger partial charge in [0.25, 0.3) is 0 Å². The first-order valence-electron chi connectivity index (χ1n) is 6.06. The third kappa shape index (κ3) is 25.6. The first-order chi connectivity index (χ1) is 7.48. The molecule has 4 nitrogen and oxygen atoms in total. The van der Waals surface area contributed by atoms with Crippen LogP contribution in [0.15, 0.2) is 0 Å². The Morgan fingerprint density at radius 3 is 1.47 bits per heavy atom. The molecule has 0 spiro atoms. The Kier molecular flexibility index (Phi) is 9.35. The van der Waals surface area contributed by atoms with E-state index >= 15 is 0 Å². The van der Waals surface area contributed by atoms with Gasteiger partial charge in [-0.15, -0.1) is 0 Å². The van der Waals surface area contributed by atoms with Crippen molar-refractivity contribution in [3.63, 3.8) is 0 Å². The predicted molar refractivity (Wildman–Crippen MR) is 68.8 cm³/mol. The lowest BCUT2D eigenvalue weighted by Crippen LogP contribution is -2.27. The van der Waals surface area contributed by atoms with E-state index < -0.39 is 5.97 Å². The largest absolute Gasteiger partial charge is 0.481 e. The Morgan fingerprint density at radius 2 is 1.35 bits per heavy atom. The number of carboxylic acid groups (broad SMARTS) is 1. The Hall–Kier alpha value is -0.610. The van der Waals surface area contributed by atoms with Gasteiger partial charge in [0.15, 0.2) is 0 Å². The molecule has 0 aromatic rings. The van der Waals surface area contributed by atoms with Gasteiger partial charge in [-0.05, 0) is 48.0 Å². The third-order valence-electron chi connectivity index (χ3n) is 1.29. The summed E-state index contributed by atoms with van der Waals surface area (Å²) >= 11 is 0. The highest BCUT2D eigenvalue weighted by Crippen LogP contribution is 2.14. The molecule has 0 atom stereocenters. The highest BCUT2D eigenvalue weighted by atomic mass is 17.2. The van der Waals surface area contributed by atoms with Gasteiger partial charge in [-0.1, -0.05) is 13.3 Å². The van der Waals surface area contributed by atoms with Crippen molar-refractivity contribution in [2.75, 3.05) is 0 Å². The summed E-state index contributed by atoms with van der Waals surface area (Å²) in [6.07, 6.45) is 2.08. The van der Waals surface area contributed by atoms with Gasteiger partial charge in [-0.2, -0.15) is 0 Å². The van der Waals surface area contributed by atoms with E-state index in [1.54, 1.807) is 0 Å². The maximum atomic E-state index is 9.76. The Bertz CT molecular complexity index is 184. The monoisotopic (exact) mass is 248 g/mol.